The third-order valence-corrected chi connectivity index (χ3v) is 2.25. The summed E-state index contributed by atoms with van der Waals surface area (Å²) in [6.07, 6.45) is -3.82. The molecule has 0 spiro atoms. The first kappa shape index (κ1) is 13.8. The molecule has 0 unspecified atom stereocenters. The van der Waals surface area contributed by atoms with Crippen molar-refractivity contribution < 1.29 is 27.4 Å². The van der Waals surface area contributed by atoms with Crippen LogP contribution in [0.2, 0.25) is 0 Å². The van der Waals surface area contributed by atoms with Gasteiger partial charge in [0, 0.05) is 6.42 Å². The molecule has 7 heteroatoms. The van der Waals surface area contributed by atoms with Gasteiger partial charge in [0.05, 0.1) is 11.1 Å². The zero-order valence-electron chi connectivity index (χ0n) is 8.46. The minimum Gasteiger partial charge on any atom is -0.493 e. The van der Waals surface area contributed by atoms with E-state index in [0.717, 1.165) is 6.07 Å². The summed E-state index contributed by atoms with van der Waals surface area (Å²) in [6, 6.07) is 3.80. The minimum atomic E-state index is -4.73. The molecule has 0 amide bonds. The Hall–Kier alpha value is -1.24. The van der Waals surface area contributed by atoms with Crippen LogP contribution in [0.3, 0.4) is 0 Å². The van der Waals surface area contributed by atoms with Crippen molar-refractivity contribution in [1.29, 1.82) is 0 Å². The lowest BCUT2D eigenvalue weighted by molar-refractivity contribution is -0.274. The maximum atomic E-state index is 12.0. The van der Waals surface area contributed by atoms with Crippen molar-refractivity contribution in [2.75, 3.05) is 6.61 Å². The van der Waals surface area contributed by atoms with Gasteiger partial charge in [0.2, 0.25) is 0 Å². The van der Waals surface area contributed by atoms with Gasteiger partial charge in [-0.25, -0.2) is 0 Å². The van der Waals surface area contributed by atoms with Gasteiger partial charge in [0.15, 0.2) is 0 Å². The second-order valence-corrected chi connectivity index (χ2v) is 3.80. The second-order valence-electron chi connectivity index (χ2n) is 2.94. The van der Waals surface area contributed by atoms with E-state index in [1.165, 1.54) is 12.1 Å². The quantitative estimate of drug-likeness (QED) is 0.618. The molecule has 0 saturated heterocycles. The average molecular weight is 313 g/mol. The fourth-order valence-electron chi connectivity index (χ4n) is 1.00. The van der Waals surface area contributed by atoms with Crippen LogP contribution in [0, 0.1) is 0 Å². The highest BCUT2D eigenvalue weighted by Gasteiger charge is 2.31. The number of aldehydes is 1. The molecule has 0 radical (unpaired) electrons. The monoisotopic (exact) mass is 312 g/mol. The predicted octanol–water partition coefficient (Wildman–Crippen LogP) is 3.32. The van der Waals surface area contributed by atoms with Gasteiger partial charge in [-0.2, -0.15) is 0 Å². The van der Waals surface area contributed by atoms with Crippen molar-refractivity contribution in [2.45, 2.75) is 12.8 Å². The Morgan fingerprint density at radius 1 is 1.35 bits per heavy atom. The first-order valence-corrected chi connectivity index (χ1v) is 5.33. The number of alkyl halides is 3. The molecule has 0 saturated carbocycles. The first-order chi connectivity index (χ1) is 7.92. The van der Waals surface area contributed by atoms with Crippen LogP contribution in [-0.2, 0) is 4.79 Å². The summed E-state index contributed by atoms with van der Waals surface area (Å²) < 4.78 is 44.9. The van der Waals surface area contributed by atoms with Gasteiger partial charge in [-0.3, -0.25) is 0 Å². The van der Waals surface area contributed by atoms with Gasteiger partial charge in [-0.05, 0) is 34.1 Å². The Morgan fingerprint density at radius 3 is 2.59 bits per heavy atom. The van der Waals surface area contributed by atoms with Crippen molar-refractivity contribution in [1.82, 2.24) is 0 Å². The van der Waals surface area contributed by atoms with Gasteiger partial charge < -0.3 is 14.3 Å². The van der Waals surface area contributed by atoms with Crippen molar-refractivity contribution in [3.8, 4) is 11.5 Å². The maximum absolute atomic E-state index is 12.0. The molecule has 3 nitrogen and oxygen atoms in total. The number of rotatable bonds is 5. The minimum absolute atomic E-state index is 0.124. The summed E-state index contributed by atoms with van der Waals surface area (Å²) in [6.45, 7) is 0.176. The van der Waals surface area contributed by atoms with Gasteiger partial charge in [0.1, 0.15) is 17.8 Å². The average Bonchev–Trinajstić information content (AvgIpc) is 2.21. The Balaban J connectivity index is 2.69. The number of ether oxygens (including phenoxy) is 2. The van der Waals surface area contributed by atoms with Crippen molar-refractivity contribution in [3.63, 3.8) is 0 Å². The number of benzene rings is 1. The van der Waals surface area contributed by atoms with E-state index < -0.39 is 6.36 Å². The van der Waals surface area contributed by atoms with Crippen LogP contribution < -0.4 is 9.47 Å². The summed E-state index contributed by atoms with van der Waals surface area (Å²) >= 11 is 2.93. The first-order valence-electron chi connectivity index (χ1n) is 4.54. The summed E-state index contributed by atoms with van der Waals surface area (Å²) in [5.74, 6) is 0.00786. The Bertz CT molecular complexity index is 393. The maximum Gasteiger partial charge on any atom is 0.573 e. The number of hydrogen-bond donors (Lipinski definition) is 0. The molecular weight excluding hydrogens is 305 g/mol. The van der Waals surface area contributed by atoms with Gasteiger partial charge >= 0.3 is 6.36 Å². The summed E-state index contributed by atoms with van der Waals surface area (Å²) in [5, 5.41) is 0. The van der Waals surface area contributed by atoms with Gasteiger partial charge in [0.25, 0.3) is 0 Å². The van der Waals surface area contributed by atoms with E-state index in [2.05, 4.69) is 20.7 Å². The lowest BCUT2D eigenvalue weighted by atomic mass is 10.3. The number of carbonyl (C=O) groups is 1. The molecular formula is C10H8BrF3O3. The predicted molar refractivity (Wildman–Crippen MR) is 57.0 cm³/mol. The molecule has 0 aliphatic heterocycles. The Morgan fingerprint density at radius 2 is 2.06 bits per heavy atom. The zero-order chi connectivity index (χ0) is 12.9. The van der Waals surface area contributed by atoms with Crippen LogP contribution in [0.15, 0.2) is 22.7 Å². The van der Waals surface area contributed by atoms with E-state index in [0.29, 0.717) is 12.0 Å². The van der Waals surface area contributed by atoms with E-state index in [1.54, 1.807) is 0 Å². The number of carbonyl (C=O) groups excluding carboxylic acids is 1. The summed E-state index contributed by atoms with van der Waals surface area (Å²) in [5.41, 5.74) is 0. The van der Waals surface area contributed by atoms with Crippen LogP contribution in [0.25, 0.3) is 0 Å². The van der Waals surface area contributed by atoms with Crippen LogP contribution in [0.4, 0.5) is 13.2 Å². The molecule has 0 heterocycles. The number of halogens is 4. The van der Waals surface area contributed by atoms with Crippen molar-refractivity contribution >= 4 is 22.2 Å². The van der Waals surface area contributed by atoms with E-state index in [-0.39, 0.29) is 23.2 Å². The van der Waals surface area contributed by atoms with E-state index >= 15 is 0 Å². The second kappa shape index (κ2) is 5.90. The Kier molecular flexibility index (Phi) is 4.80. The number of hydrogen-bond acceptors (Lipinski definition) is 3. The smallest absolute Gasteiger partial charge is 0.493 e. The highest BCUT2D eigenvalue weighted by Crippen LogP contribution is 2.33. The lowest BCUT2D eigenvalue weighted by Crippen LogP contribution is -2.17. The SMILES string of the molecule is O=CCCOc1ccc(OC(F)(F)F)c(Br)c1. The molecule has 1 aromatic carbocycles. The highest BCUT2D eigenvalue weighted by atomic mass is 79.9. The normalized spacial score (nSPS) is 11.1. The fourth-order valence-corrected chi connectivity index (χ4v) is 1.44. The van der Waals surface area contributed by atoms with E-state index in [4.69, 9.17) is 4.74 Å². The van der Waals surface area contributed by atoms with Crippen molar-refractivity contribution in [2.24, 2.45) is 0 Å². The molecule has 0 aliphatic rings. The van der Waals surface area contributed by atoms with Crippen LogP contribution in [0.1, 0.15) is 6.42 Å². The third kappa shape index (κ3) is 5.08. The van der Waals surface area contributed by atoms with E-state index in [1.807, 2.05) is 0 Å². The molecule has 0 fully saturated rings. The molecule has 1 rings (SSSR count). The standard InChI is InChI=1S/C10H8BrF3O3/c11-8-6-7(16-5-1-4-15)2-3-9(8)17-10(12,13)14/h2-4,6H,1,5H2. The third-order valence-electron chi connectivity index (χ3n) is 1.63. The summed E-state index contributed by atoms with van der Waals surface area (Å²) in [7, 11) is 0. The van der Waals surface area contributed by atoms with Gasteiger partial charge in [-0.1, -0.05) is 0 Å². The van der Waals surface area contributed by atoms with Crippen LogP contribution in [0.5, 0.6) is 11.5 Å². The molecule has 0 bridgehead atoms. The Labute approximate surface area is 104 Å². The molecule has 1 aromatic rings. The van der Waals surface area contributed by atoms with E-state index in [9.17, 15) is 18.0 Å². The molecule has 0 aromatic heterocycles. The van der Waals surface area contributed by atoms with Crippen molar-refractivity contribution in [3.05, 3.63) is 22.7 Å². The van der Waals surface area contributed by atoms with Crippen LogP contribution in [-0.4, -0.2) is 19.3 Å². The van der Waals surface area contributed by atoms with Gasteiger partial charge in [-0.15, -0.1) is 13.2 Å². The largest absolute Gasteiger partial charge is 0.573 e. The molecule has 0 aliphatic carbocycles. The molecule has 0 N–H and O–H groups in total. The zero-order valence-corrected chi connectivity index (χ0v) is 10.0. The molecule has 94 valence electrons. The highest BCUT2D eigenvalue weighted by molar-refractivity contribution is 9.10. The fraction of sp³-hybridized carbons (Fsp3) is 0.300. The topological polar surface area (TPSA) is 35.5 Å². The molecule has 17 heavy (non-hydrogen) atoms. The molecule has 0 atom stereocenters. The van der Waals surface area contributed by atoms with Crippen LogP contribution >= 0.6 is 15.9 Å². The summed E-state index contributed by atoms with van der Waals surface area (Å²) in [4.78, 5) is 10.0. The lowest BCUT2D eigenvalue weighted by Gasteiger charge is -2.11.